The van der Waals surface area contributed by atoms with Crippen LogP contribution in [0.25, 0.3) is 0 Å². The highest BCUT2D eigenvalue weighted by Gasteiger charge is 2.18. The Morgan fingerprint density at radius 3 is 2.44 bits per heavy atom. The van der Waals surface area contributed by atoms with E-state index in [2.05, 4.69) is 0 Å². The molecule has 0 aliphatic heterocycles. The van der Waals surface area contributed by atoms with Crippen molar-refractivity contribution < 1.29 is 14.6 Å². The van der Waals surface area contributed by atoms with E-state index in [1.807, 2.05) is 0 Å². The van der Waals surface area contributed by atoms with Gasteiger partial charge in [-0.1, -0.05) is 12.1 Å². The number of hydrogen-bond acceptors (Lipinski definition) is 4. The van der Waals surface area contributed by atoms with Crippen molar-refractivity contribution >= 4 is 0 Å². The van der Waals surface area contributed by atoms with E-state index < -0.39 is 18.0 Å². The number of aliphatic hydroxyl groups is 2. The third-order valence-electron chi connectivity index (χ3n) is 2.47. The first kappa shape index (κ1) is 13.1. The van der Waals surface area contributed by atoms with Gasteiger partial charge in [-0.15, -0.1) is 0 Å². The molecule has 0 fully saturated rings. The number of rotatable bonds is 5. The Labute approximate surface area is 93.7 Å². The number of halogens is 1. The van der Waals surface area contributed by atoms with Crippen LogP contribution < -0.4 is 11.5 Å². The van der Waals surface area contributed by atoms with Crippen LogP contribution >= 0.6 is 0 Å². The quantitative estimate of drug-likeness (QED) is 0.572. The third kappa shape index (κ3) is 2.99. The molecule has 0 bridgehead atoms. The summed E-state index contributed by atoms with van der Waals surface area (Å²) >= 11 is 0. The zero-order valence-corrected chi connectivity index (χ0v) is 8.94. The van der Waals surface area contributed by atoms with Crippen molar-refractivity contribution in [1.29, 1.82) is 0 Å². The molecule has 0 radical (unpaired) electrons. The second kappa shape index (κ2) is 5.91. The smallest absolute Gasteiger partial charge is 0.128 e. The maximum atomic E-state index is 13.4. The molecule has 0 saturated carbocycles. The van der Waals surface area contributed by atoms with Gasteiger partial charge in [0, 0.05) is 12.1 Å². The number of benzene rings is 1. The van der Waals surface area contributed by atoms with E-state index in [1.54, 1.807) is 6.07 Å². The Bertz CT molecular complexity index is 347. The van der Waals surface area contributed by atoms with Crippen LogP contribution in [0.2, 0.25) is 0 Å². The fourth-order valence-corrected chi connectivity index (χ4v) is 1.46. The van der Waals surface area contributed by atoms with Crippen LogP contribution in [0.4, 0.5) is 4.39 Å². The van der Waals surface area contributed by atoms with Crippen LogP contribution in [0, 0.1) is 5.82 Å². The van der Waals surface area contributed by atoms with Gasteiger partial charge in [-0.2, -0.15) is 0 Å². The molecule has 0 aliphatic carbocycles. The average molecular weight is 228 g/mol. The molecule has 1 rings (SSSR count). The highest BCUT2D eigenvalue weighted by Crippen LogP contribution is 2.21. The second-order valence-electron chi connectivity index (χ2n) is 3.64. The normalized spacial score (nSPS) is 14.8. The van der Waals surface area contributed by atoms with Crippen LogP contribution in [-0.4, -0.2) is 22.9 Å². The summed E-state index contributed by atoms with van der Waals surface area (Å²) in [5, 5.41) is 19.2. The summed E-state index contributed by atoms with van der Waals surface area (Å²) in [6.45, 7) is 0.370. The third-order valence-corrected chi connectivity index (χ3v) is 2.47. The van der Waals surface area contributed by atoms with E-state index in [0.717, 1.165) is 0 Å². The highest BCUT2D eigenvalue weighted by molar-refractivity contribution is 5.26. The van der Waals surface area contributed by atoms with E-state index in [0.29, 0.717) is 11.1 Å². The molecule has 1 aromatic carbocycles. The molecule has 0 aliphatic rings. The summed E-state index contributed by atoms with van der Waals surface area (Å²) in [7, 11) is 0. The number of nitrogens with two attached hydrogens (primary N) is 2. The summed E-state index contributed by atoms with van der Waals surface area (Å²) in [6.07, 6.45) is -1.83. The Balaban J connectivity index is 2.84. The first-order valence-electron chi connectivity index (χ1n) is 5.14. The minimum Gasteiger partial charge on any atom is -0.390 e. The van der Waals surface area contributed by atoms with E-state index in [9.17, 15) is 14.6 Å². The van der Waals surface area contributed by atoms with E-state index >= 15 is 0 Å². The lowest BCUT2D eigenvalue weighted by Gasteiger charge is -2.17. The predicted molar refractivity (Wildman–Crippen MR) is 58.9 cm³/mol. The summed E-state index contributed by atoms with van der Waals surface area (Å²) in [4.78, 5) is 0. The molecule has 2 atom stereocenters. The molecule has 5 heteroatoms. The van der Waals surface area contributed by atoms with Gasteiger partial charge in [-0.25, -0.2) is 4.39 Å². The van der Waals surface area contributed by atoms with Crippen LogP contribution in [-0.2, 0) is 6.54 Å². The van der Waals surface area contributed by atoms with E-state index in [4.69, 9.17) is 11.5 Å². The Morgan fingerprint density at radius 2 is 1.94 bits per heavy atom. The van der Waals surface area contributed by atoms with Crippen molar-refractivity contribution in [2.24, 2.45) is 11.5 Å². The first-order chi connectivity index (χ1) is 7.60. The molecular formula is C11H17FN2O2. The van der Waals surface area contributed by atoms with E-state index in [1.165, 1.54) is 12.1 Å². The molecular weight excluding hydrogens is 211 g/mol. The highest BCUT2D eigenvalue weighted by atomic mass is 19.1. The molecule has 2 unspecified atom stereocenters. The zero-order valence-electron chi connectivity index (χ0n) is 8.94. The minimum absolute atomic E-state index is 0.105. The van der Waals surface area contributed by atoms with Crippen molar-refractivity contribution in [2.45, 2.75) is 25.2 Å². The lowest BCUT2D eigenvalue weighted by Crippen LogP contribution is -2.22. The van der Waals surface area contributed by atoms with Gasteiger partial charge in [0.15, 0.2) is 0 Å². The molecule has 6 N–H and O–H groups in total. The predicted octanol–water partition coefficient (Wildman–Crippen LogP) is 0.0275. The first-order valence-corrected chi connectivity index (χ1v) is 5.14. The number of hydrogen-bond donors (Lipinski definition) is 4. The summed E-state index contributed by atoms with van der Waals surface area (Å²) < 4.78 is 13.4. The van der Waals surface area contributed by atoms with Gasteiger partial charge in [-0.05, 0) is 24.6 Å². The molecule has 16 heavy (non-hydrogen) atoms. The maximum Gasteiger partial charge on any atom is 0.128 e. The van der Waals surface area contributed by atoms with Crippen molar-refractivity contribution in [2.75, 3.05) is 6.54 Å². The number of aliphatic hydroxyl groups excluding tert-OH is 2. The zero-order chi connectivity index (χ0) is 12.1. The van der Waals surface area contributed by atoms with Crippen molar-refractivity contribution in [3.8, 4) is 0 Å². The fourth-order valence-electron chi connectivity index (χ4n) is 1.46. The monoisotopic (exact) mass is 228 g/mol. The van der Waals surface area contributed by atoms with Gasteiger partial charge in [0.05, 0.1) is 6.10 Å². The van der Waals surface area contributed by atoms with Crippen molar-refractivity contribution in [3.63, 3.8) is 0 Å². The van der Waals surface area contributed by atoms with Crippen LogP contribution in [0.15, 0.2) is 18.2 Å². The largest absolute Gasteiger partial charge is 0.390 e. The van der Waals surface area contributed by atoms with Gasteiger partial charge in [-0.3, -0.25) is 0 Å². The summed E-state index contributed by atoms with van der Waals surface area (Å²) in [5.74, 6) is -0.473. The van der Waals surface area contributed by atoms with Gasteiger partial charge in [0.25, 0.3) is 0 Å². The van der Waals surface area contributed by atoms with Gasteiger partial charge >= 0.3 is 0 Å². The molecule has 0 saturated heterocycles. The summed E-state index contributed by atoms with van der Waals surface area (Å²) in [5.41, 5.74) is 11.3. The Morgan fingerprint density at radius 1 is 1.25 bits per heavy atom. The minimum atomic E-state index is -1.12. The topological polar surface area (TPSA) is 92.5 Å². The molecule has 4 nitrogen and oxygen atoms in total. The van der Waals surface area contributed by atoms with Crippen LogP contribution in [0.5, 0.6) is 0 Å². The van der Waals surface area contributed by atoms with Crippen LogP contribution in [0.3, 0.4) is 0 Å². The lowest BCUT2D eigenvalue weighted by atomic mass is 10.0. The Hall–Kier alpha value is -1.01. The fraction of sp³-hybridized carbons (Fsp3) is 0.455. The standard InChI is InChI=1S/C11H17FN2O2/c12-9-5-7(1-2-8(9)6-14)11(16)10(15)3-4-13/h1-2,5,10-11,15-16H,3-4,6,13-14H2. The molecule has 0 amide bonds. The van der Waals surface area contributed by atoms with Crippen LogP contribution in [0.1, 0.15) is 23.7 Å². The second-order valence-corrected chi connectivity index (χ2v) is 3.64. The summed E-state index contributed by atoms with van der Waals surface area (Å²) in [6, 6.07) is 4.24. The molecule has 0 heterocycles. The van der Waals surface area contributed by atoms with E-state index in [-0.39, 0.29) is 19.5 Å². The molecule has 0 spiro atoms. The molecule has 1 aromatic rings. The molecule has 0 aromatic heterocycles. The SMILES string of the molecule is NCCC(O)C(O)c1ccc(CN)c(F)c1. The van der Waals surface area contributed by atoms with Crippen molar-refractivity contribution in [3.05, 3.63) is 35.1 Å². The lowest BCUT2D eigenvalue weighted by molar-refractivity contribution is 0.0148. The Kier molecular flexibility index (Phi) is 4.82. The molecule has 90 valence electrons. The van der Waals surface area contributed by atoms with Crippen molar-refractivity contribution in [1.82, 2.24) is 0 Å². The van der Waals surface area contributed by atoms with Gasteiger partial charge < -0.3 is 21.7 Å². The van der Waals surface area contributed by atoms with Gasteiger partial charge in [0.1, 0.15) is 11.9 Å². The maximum absolute atomic E-state index is 13.4. The average Bonchev–Trinajstić information content (AvgIpc) is 2.28. The van der Waals surface area contributed by atoms with Gasteiger partial charge in [0.2, 0.25) is 0 Å².